The monoisotopic (exact) mass is 539 g/mol. The summed E-state index contributed by atoms with van der Waals surface area (Å²) < 4.78 is 37.7. The van der Waals surface area contributed by atoms with E-state index in [2.05, 4.69) is 23.7 Å². The van der Waals surface area contributed by atoms with Gasteiger partial charge in [-0.3, -0.25) is 9.69 Å². The minimum absolute atomic E-state index is 0.192. The summed E-state index contributed by atoms with van der Waals surface area (Å²) in [6, 6.07) is 14.5. The molecule has 5 aromatic rings. The third kappa shape index (κ3) is 4.22. The number of nitrogens with zero attached hydrogens (tertiary/aromatic N) is 7. The lowest BCUT2D eigenvalue weighted by molar-refractivity contribution is 0.180. The summed E-state index contributed by atoms with van der Waals surface area (Å²) in [5.74, 6) is 0. The molecule has 2 aromatic carbocycles. The van der Waals surface area contributed by atoms with Gasteiger partial charge in [-0.15, -0.1) is 0 Å². The highest BCUT2D eigenvalue weighted by Gasteiger charge is 2.31. The van der Waals surface area contributed by atoms with E-state index in [-0.39, 0.29) is 10.5 Å². The van der Waals surface area contributed by atoms with E-state index in [1.165, 1.54) is 26.2 Å². The molecule has 13 heteroatoms. The Morgan fingerprint density at radius 2 is 1.78 bits per heavy atom. The maximum absolute atomic E-state index is 13.3. The number of rotatable bonds is 5. The summed E-state index contributed by atoms with van der Waals surface area (Å²) in [4.78, 5) is 20.2. The summed E-state index contributed by atoms with van der Waals surface area (Å²) in [5, 5.41) is 5.18. The molecule has 0 unspecified atom stereocenters. The average molecular weight is 540 g/mol. The van der Waals surface area contributed by atoms with Crippen molar-refractivity contribution in [2.75, 3.05) is 26.2 Å². The van der Waals surface area contributed by atoms with E-state index >= 15 is 0 Å². The Morgan fingerprint density at radius 1 is 1.00 bits per heavy atom. The molecule has 0 atom stereocenters. The molecule has 0 saturated carbocycles. The van der Waals surface area contributed by atoms with Crippen LogP contribution in [0.1, 0.15) is 11.3 Å². The van der Waals surface area contributed by atoms with Crippen molar-refractivity contribution in [2.45, 2.75) is 18.4 Å². The number of sulfonamides is 1. The van der Waals surface area contributed by atoms with Gasteiger partial charge >= 0.3 is 0 Å². The zero-order valence-electron chi connectivity index (χ0n) is 19.2. The Bertz CT molecular complexity index is 1730. The van der Waals surface area contributed by atoms with E-state index in [1.807, 2.05) is 31.2 Å². The van der Waals surface area contributed by atoms with E-state index in [0.29, 0.717) is 54.4 Å². The van der Waals surface area contributed by atoms with Crippen LogP contribution >= 0.6 is 23.1 Å². The highest BCUT2D eigenvalue weighted by atomic mass is 32.2. The van der Waals surface area contributed by atoms with E-state index in [9.17, 15) is 13.2 Å². The van der Waals surface area contributed by atoms with Gasteiger partial charge in [-0.1, -0.05) is 47.2 Å². The molecule has 184 valence electrons. The topological polar surface area (TPSA) is 114 Å². The Hall–Kier alpha value is -3.10. The molecule has 4 heterocycles. The maximum Gasteiger partial charge on any atom is 0.275 e. The van der Waals surface area contributed by atoms with Crippen LogP contribution in [0.4, 0.5) is 0 Å². The molecule has 3 aromatic heterocycles. The maximum atomic E-state index is 13.3. The lowest BCUT2D eigenvalue weighted by Gasteiger charge is -2.33. The first kappa shape index (κ1) is 23.3. The number of piperazine rings is 1. The van der Waals surface area contributed by atoms with E-state index in [1.54, 1.807) is 18.2 Å². The van der Waals surface area contributed by atoms with Crippen molar-refractivity contribution in [3.8, 4) is 10.6 Å². The molecule has 1 saturated heterocycles. The van der Waals surface area contributed by atoms with Gasteiger partial charge in [0, 0.05) is 44.4 Å². The molecule has 36 heavy (non-hydrogen) atoms. The highest BCUT2D eigenvalue weighted by Crippen LogP contribution is 2.26. The molecule has 0 N–H and O–H groups in total. The van der Waals surface area contributed by atoms with Crippen molar-refractivity contribution in [3.63, 3.8) is 0 Å². The van der Waals surface area contributed by atoms with E-state index < -0.39 is 10.0 Å². The summed E-state index contributed by atoms with van der Waals surface area (Å²) in [6.07, 6.45) is 0. The van der Waals surface area contributed by atoms with Crippen molar-refractivity contribution in [3.05, 3.63) is 70.1 Å². The van der Waals surface area contributed by atoms with Gasteiger partial charge in [0.05, 0.1) is 17.4 Å². The molecule has 0 bridgehead atoms. The zero-order chi connectivity index (χ0) is 24.9. The smallest absolute Gasteiger partial charge is 0.275 e. The van der Waals surface area contributed by atoms with Crippen molar-refractivity contribution in [2.24, 2.45) is 0 Å². The second-order valence-corrected chi connectivity index (χ2v) is 12.0. The number of aromatic nitrogens is 5. The number of aryl methyl sites for hydroxylation is 1. The van der Waals surface area contributed by atoms with Gasteiger partial charge in [-0.2, -0.15) is 22.7 Å². The third-order valence-electron chi connectivity index (χ3n) is 6.18. The summed E-state index contributed by atoms with van der Waals surface area (Å²) in [6.45, 7) is 4.23. The van der Waals surface area contributed by atoms with Crippen LogP contribution in [-0.4, -0.2) is 67.1 Å². The Balaban J connectivity index is 1.18. The van der Waals surface area contributed by atoms with Crippen LogP contribution in [0.15, 0.2) is 58.2 Å². The standard InChI is InChI=1S/C23H21N7O3S3/c1-15-5-7-16(8-6-15)22-25-30-20(31)13-17(24-23(30)34-22)14-28-9-11-29(12-10-28)36(32,33)19-4-2-3-18-21(19)27-35-26-18/h2-8,13H,9-12,14H2,1H3. The van der Waals surface area contributed by atoms with Crippen LogP contribution in [-0.2, 0) is 16.6 Å². The third-order valence-corrected chi connectivity index (χ3v) is 9.61. The summed E-state index contributed by atoms with van der Waals surface area (Å²) in [5.41, 5.74) is 3.52. The Morgan fingerprint density at radius 3 is 2.56 bits per heavy atom. The molecule has 0 radical (unpaired) electrons. The Labute approximate surface area is 214 Å². The van der Waals surface area contributed by atoms with Crippen molar-refractivity contribution in [1.29, 1.82) is 0 Å². The molecule has 1 aliphatic rings. The van der Waals surface area contributed by atoms with Gasteiger partial charge in [0.25, 0.3) is 5.56 Å². The van der Waals surface area contributed by atoms with Crippen LogP contribution in [0.25, 0.3) is 26.6 Å². The predicted molar refractivity (Wildman–Crippen MR) is 139 cm³/mol. The summed E-state index contributed by atoms with van der Waals surface area (Å²) >= 11 is 2.38. The molecule has 6 rings (SSSR count). The van der Waals surface area contributed by atoms with Crippen molar-refractivity contribution in [1.82, 2.24) is 32.6 Å². The average Bonchev–Trinajstić information content (AvgIpc) is 3.52. The van der Waals surface area contributed by atoms with Gasteiger partial charge in [0.15, 0.2) is 0 Å². The quantitative estimate of drug-likeness (QED) is 0.335. The molecule has 1 fully saturated rings. The Kier molecular flexibility index (Phi) is 5.88. The van der Waals surface area contributed by atoms with Crippen LogP contribution in [0.2, 0.25) is 0 Å². The number of hydrogen-bond acceptors (Lipinski definition) is 10. The second kappa shape index (κ2) is 9.09. The summed E-state index contributed by atoms with van der Waals surface area (Å²) in [7, 11) is -3.68. The van der Waals surface area contributed by atoms with E-state index in [4.69, 9.17) is 0 Å². The van der Waals surface area contributed by atoms with E-state index in [0.717, 1.165) is 27.9 Å². The molecule has 0 amide bonds. The van der Waals surface area contributed by atoms with Crippen LogP contribution in [0.3, 0.4) is 0 Å². The molecule has 0 spiro atoms. The van der Waals surface area contributed by atoms with Crippen molar-refractivity contribution < 1.29 is 8.42 Å². The van der Waals surface area contributed by atoms with Crippen LogP contribution in [0.5, 0.6) is 0 Å². The first-order valence-corrected chi connectivity index (χ1v) is 14.3. The normalized spacial score (nSPS) is 15.7. The predicted octanol–water partition coefficient (Wildman–Crippen LogP) is 2.64. The molecule has 10 nitrogen and oxygen atoms in total. The molecule has 0 aliphatic carbocycles. The number of hydrogen-bond donors (Lipinski definition) is 0. The van der Waals surface area contributed by atoms with Gasteiger partial charge in [0.1, 0.15) is 20.9 Å². The molecular formula is C23H21N7O3S3. The van der Waals surface area contributed by atoms with Gasteiger partial charge in [0.2, 0.25) is 15.0 Å². The van der Waals surface area contributed by atoms with Gasteiger partial charge in [-0.05, 0) is 19.1 Å². The molecule has 1 aliphatic heterocycles. The van der Waals surface area contributed by atoms with Gasteiger partial charge in [-0.25, -0.2) is 13.4 Å². The first-order chi connectivity index (χ1) is 17.4. The van der Waals surface area contributed by atoms with Gasteiger partial charge < -0.3 is 0 Å². The number of fused-ring (bicyclic) bond motifs is 2. The van der Waals surface area contributed by atoms with Crippen LogP contribution < -0.4 is 5.56 Å². The highest BCUT2D eigenvalue weighted by molar-refractivity contribution is 7.89. The second-order valence-electron chi connectivity index (χ2n) is 8.62. The molecular weight excluding hydrogens is 519 g/mol. The first-order valence-electron chi connectivity index (χ1n) is 11.3. The minimum atomic E-state index is -3.68. The number of benzene rings is 2. The fourth-order valence-corrected chi connectivity index (χ4v) is 7.34. The lowest BCUT2D eigenvalue weighted by atomic mass is 10.2. The fraction of sp³-hybridized carbons (Fsp3) is 0.261. The minimum Gasteiger partial charge on any atom is -0.295 e. The lowest BCUT2D eigenvalue weighted by Crippen LogP contribution is -2.48. The van der Waals surface area contributed by atoms with Crippen LogP contribution in [0, 0.1) is 6.92 Å². The SMILES string of the molecule is Cc1ccc(-c2nn3c(=O)cc(CN4CCN(S(=O)(=O)c5cccc6nsnc56)CC4)nc3s2)cc1. The largest absolute Gasteiger partial charge is 0.295 e. The zero-order valence-corrected chi connectivity index (χ0v) is 21.7. The van der Waals surface area contributed by atoms with Crippen molar-refractivity contribution >= 4 is 49.1 Å². The fourth-order valence-electron chi connectivity index (χ4n) is 4.24.